The van der Waals surface area contributed by atoms with Crippen LogP contribution in [0.2, 0.25) is 0 Å². The van der Waals surface area contributed by atoms with Gasteiger partial charge in [0.05, 0.1) is 23.6 Å². The first-order chi connectivity index (χ1) is 13.0. The molecule has 0 aliphatic carbocycles. The van der Waals surface area contributed by atoms with E-state index >= 15 is 0 Å². The molecule has 1 N–H and O–H groups in total. The van der Waals surface area contributed by atoms with Crippen molar-refractivity contribution in [2.45, 2.75) is 33.4 Å². The maximum absolute atomic E-state index is 12.5. The molecule has 2 aromatic heterocycles. The van der Waals surface area contributed by atoms with Crippen LogP contribution in [-0.2, 0) is 19.5 Å². The molecule has 1 aliphatic heterocycles. The van der Waals surface area contributed by atoms with Crippen molar-refractivity contribution in [3.05, 3.63) is 58.2 Å². The largest absolute Gasteiger partial charge is 0.359 e. The van der Waals surface area contributed by atoms with Crippen LogP contribution >= 0.6 is 0 Å². The quantitative estimate of drug-likeness (QED) is 0.757. The van der Waals surface area contributed by atoms with Gasteiger partial charge in [-0.3, -0.25) is 4.79 Å². The monoisotopic (exact) mass is 366 g/mol. The predicted molar refractivity (Wildman–Crippen MR) is 98.5 cm³/mol. The number of nitrogens with zero attached hydrogens (tertiary/aromatic N) is 5. The van der Waals surface area contributed by atoms with Crippen LogP contribution < -0.4 is 5.32 Å². The molecule has 0 spiro atoms. The molecule has 0 saturated heterocycles. The number of aryl methyl sites for hydroxylation is 1. The molecule has 0 atom stereocenters. The molecule has 3 heterocycles. The van der Waals surface area contributed by atoms with Gasteiger partial charge in [0.15, 0.2) is 11.5 Å². The van der Waals surface area contributed by atoms with E-state index in [1.807, 2.05) is 26.0 Å². The molecule has 3 aromatic rings. The second-order valence-electron chi connectivity index (χ2n) is 6.96. The van der Waals surface area contributed by atoms with Gasteiger partial charge in [-0.15, -0.1) is 5.10 Å². The van der Waals surface area contributed by atoms with Crippen LogP contribution in [-0.4, -0.2) is 44.6 Å². The van der Waals surface area contributed by atoms with E-state index in [4.69, 9.17) is 4.52 Å². The van der Waals surface area contributed by atoms with Crippen molar-refractivity contribution in [2.24, 2.45) is 0 Å². The molecular formula is C19H22N6O2. The van der Waals surface area contributed by atoms with E-state index in [0.717, 1.165) is 30.9 Å². The average Bonchev–Trinajstić information content (AvgIpc) is 3.24. The fourth-order valence-corrected chi connectivity index (χ4v) is 3.45. The summed E-state index contributed by atoms with van der Waals surface area (Å²) < 4.78 is 6.88. The molecule has 0 radical (unpaired) electrons. The zero-order valence-corrected chi connectivity index (χ0v) is 15.7. The number of benzene rings is 1. The summed E-state index contributed by atoms with van der Waals surface area (Å²) in [6.45, 7) is 5.88. The minimum Gasteiger partial charge on any atom is -0.359 e. The Labute approximate surface area is 157 Å². The first-order valence-corrected chi connectivity index (χ1v) is 8.95. The molecule has 1 aromatic carbocycles. The van der Waals surface area contributed by atoms with Crippen molar-refractivity contribution < 1.29 is 9.32 Å². The molecule has 8 nitrogen and oxygen atoms in total. The number of fused-ring (bicyclic) bond motifs is 1. The fraction of sp³-hybridized carbons (Fsp3) is 0.368. The molecule has 0 unspecified atom stereocenters. The number of aromatic nitrogens is 4. The predicted octanol–water partition coefficient (Wildman–Crippen LogP) is 1.79. The van der Waals surface area contributed by atoms with Crippen molar-refractivity contribution in [3.8, 4) is 5.69 Å². The number of likely N-dealkylation sites (N-methyl/N-ethyl adjacent to an activating group) is 1. The van der Waals surface area contributed by atoms with E-state index in [0.29, 0.717) is 17.1 Å². The smallest absolute Gasteiger partial charge is 0.274 e. The highest BCUT2D eigenvalue weighted by molar-refractivity contribution is 5.93. The third-order valence-electron chi connectivity index (χ3n) is 4.87. The van der Waals surface area contributed by atoms with Crippen LogP contribution in [0.5, 0.6) is 0 Å². The summed E-state index contributed by atoms with van der Waals surface area (Å²) in [5.74, 6) is 0.324. The normalized spacial score (nSPS) is 14.2. The number of carbonyl (C=O) groups excluding carboxylic acids is 1. The van der Waals surface area contributed by atoms with Crippen molar-refractivity contribution in [3.63, 3.8) is 0 Å². The van der Waals surface area contributed by atoms with Gasteiger partial charge in [0.2, 0.25) is 0 Å². The summed E-state index contributed by atoms with van der Waals surface area (Å²) in [7, 11) is 2.12. The molecule has 4 rings (SSSR count). The lowest BCUT2D eigenvalue weighted by atomic mass is 9.98. The van der Waals surface area contributed by atoms with Crippen LogP contribution in [0.25, 0.3) is 5.69 Å². The van der Waals surface area contributed by atoms with Gasteiger partial charge in [-0.25, -0.2) is 4.68 Å². The fourth-order valence-electron chi connectivity index (χ4n) is 3.45. The number of hydrogen-bond donors (Lipinski definition) is 1. The lowest BCUT2D eigenvalue weighted by Crippen LogP contribution is -2.27. The van der Waals surface area contributed by atoms with Crippen molar-refractivity contribution in [2.75, 3.05) is 13.6 Å². The van der Waals surface area contributed by atoms with Gasteiger partial charge in [0, 0.05) is 19.2 Å². The van der Waals surface area contributed by atoms with Crippen LogP contribution in [0, 0.1) is 13.8 Å². The first-order valence-electron chi connectivity index (χ1n) is 8.95. The summed E-state index contributed by atoms with van der Waals surface area (Å²) in [5, 5.41) is 15.0. The van der Waals surface area contributed by atoms with Crippen molar-refractivity contribution in [1.82, 2.24) is 30.4 Å². The zero-order valence-electron chi connectivity index (χ0n) is 15.7. The average molecular weight is 366 g/mol. The molecule has 8 heteroatoms. The third-order valence-corrected chi connectivity index (χ3v) is 4.87. The van der Waals surface area contributed by atoms with Gasteiger partial charge >= 0.3 is 0 Å². The van der Waals surface area contributed by atoms with Gasteiger partial charge < -0.3 is 14.7 Å². The maximum Gasteiger partial charge on any atom is 0.274 e. The number of amides is 1. The number of rotatable bonds is 4. The molecule has 0 fully saturated rings. The summed E-state index contributed by atoms with van der Waals surface area (Å²) in [6, 6.07) is 8.00. The lowest BCUT2D eigenvalue weighted by Gasteiger charge is -2.26. The highest BCUT2D eigenvalue weighted by Crippen LogP contribution is 2.25. The van der Waals surface area contributed by atoms with E-state index in [2.05, 4.69) is 38.8 Å². The Kier molecular flexibility index (Phi) is 4.49. The Morgan fingerprint density at radius 1 is 1.33 bits per heavy atom. The molecule has 140 valence electrons. The van der Waals surface area contributed by atoms with Gasteiger partial charge in [-0.2, -0.15) is 0 Å². The van der Waals surface area contributed by atoms with Crippen LogP contribution in [0.4, 0.5) is 0 Å². The van der Waals surface area contributed by atoms with Crippen LogP contribution in [0.15, 0.2) is 28.8 Å². The van der Waals surface area contributed by atoms with Crippen LogP contribution in [0.1, 0.15) is 38.8 Å². The summed E-state index contributed by atoms with van der Waals surface area (Å²) in [6.07, 6.45) is 0.952. The first kappa shape index (κ1) is 17.4. The van der Waals surface area contributed by atoms with Crippen molar-refractivity contribution in [1.29, 1.82) is 0 Å². The minimum absolute atomic E-state index is 0.263. The van der Waals surface area contributed by atoms with E-state index in [9.17, 15) is 4.79 Å². The highest BCUT2D eigenvalue weighted by Gasteiger charge is 2.22. The maximum atomic E-state index is 12.5. The Morgan fingerprint density at radius 2 is 2.19 bits per heavy atom. The highest BCUT2D eigenvalue weighted by atomic mass is 16.5. The molecular weight excluding hydrogens is 344 g/mol. The Bertz CT molecular complexity index is 990. The number of hydrogen-bond acceptors (Lipinski definition) is 6. The van der Waals surface area contributed by atoms with Gasteiger partial charge in [-0.1, -0.05) is 22.5 Å². The van der Waals surface area contributed by atoms with Gasteiger partial charge in [0.25, 0.3) is 5.91 Å². The van der Waals surface area contributed by atoms with E-state index < -0.39 is 0 Å². The minimum atomic E-state index is -0.280. The Morgan fingerprint density at radius 3 is 2.96 bits per heavy atom. The van der Waals surface area contributed by atoms with Gasteiger partial charge in [-0.05, 0) is 44.5 Å². The lowest BCUT2D eigenvalue weighted by molar-refractivity contribution is 0.0941. The van der Waals surface area contributed by atoms with Crippen molar-refractivity contribution >= 4 is 5.91 Å². The molecule has 1 aliphatic rings. The molecule has 1 amide bonds. The van der Waals surface area contributed by atoms with Gasteiger partial charge in [0.1, 0.15) is 0 Å². The second kappa shape index (κ2) is 6.96. The second-order valence-corrected chi connectivity index (χ2v) is 6.96. The Balaban J connectivity index is 1.57. The molecule has 27 heavy (non-hydrogen) atoms. The molecule has 0 saturated carbocycles. The van der Waals surface area contributed by atoms with E-state index in [1.54, 1.807) is 10.7 Å². The van der Waals surface area contributed by atoms with E-state index in [-0.39, 0.29) is 12.5 Å². The third kappa shape index (κ3) is 3.35. The number of carbonyl (C=O) groups is 1. The topological polar surface area (TPSA) is 89.1 Å². The molecule has 0 bridgehead atoms. The summed E-state index contributed by atoms with van der Waals surface area (Å²) >= 11 is 0. The standard InChI is InChI=1S/C19H22N6O2/c1-12-9-15(27-22-12)10-20-19(26)18-13(2)25(23-21-18)17-6-4-5-14-11-24(3)8-7-16(14)17/h4-6,9H,7-8,10-11H2,1-3H3,(H,20,26). The summed E-state index contributed by atoms with van der Waals surface area (Å²) in [4.78, 5) is 14.8. The zero-order chi connectivity index (χ0) is 19.0. The summed E-state index contributed by atoms with van der Waals surface area (Å²) in [5.41, 5.74) is 5.37. The van der Waals surface area contributed by atoms with E-state index in [1.165, 1.54) is 11.1 Å². The van der Waals surface area contributed by atoms with Crippen LogP contribution in [0.3, 0.4) is 0 Å². The Hall–Kier alpha value is -3.00. The SMILES string of the molecule is Cc1cc(CNC(=O)c2nnn(-c3cccc4c3CCN(C)C4)c2C)on1. The number of nitrogens with one attached hydrogen (secondary N) is 1.